The number of fused-ring (bicyclic) bond motifs is 5. The van der Waals surface area contributed by atoms with Gasteiger partial charge in [-0.1, -0.05) is 48.0 Å². The number of para-hydroxylation sites is 2. The standard InChI is InChI=1S/C30H25ClN4O4/c1-39-24-9-5-2-6-16(24)15-35-27(36)25-23(12-17-14-32-21-8-4-3-7-19(17)21)34-30(26(25)28(35)37)20-13-18(31)10-11-22(20)33-29(30)38/h2-11,13-14,23,25-26,32,34H,12,15H2,1H3,(H,33,38)/t23-,25+,26-,30-/m0/s1. The number of amides is 3. The topological polar surface area (TPSA) is 104 Å². The summed E-state index contributed by atoms with van der Waals surface area (Å²) in [6.45, 7) is 0.0641. The summed E-state index contributed by atoms with van der Waals surface area (Å²) in [4.78, 5) is 46.6. The van der Waals surface area contributed by atoms with Crippen LogP contribution >= 0.6 is 11.6 Å². The monoisotopic (exact) mass is 540 g/mol. The zero-order chi connectivity index (χ0) is 26.9. The molecule has 7 rings (SSSR count). The first-order valence-electron chi connectivity index (χ1n) is 12.8. The van der Waals surface area contributed by atoms with Gasteiger partial charge in [0.05, 0.1) is 25.5 Å². The van der Waals surface area contributed by atoms with E-state index in [1.807, 2.05) is 48.7 Å². The Morgan fingerprint density at radius 3 is 2.62 bits per heavy atom. The third-order valence-electron chi connectivity index (χ3n) is 8.40. The number of carbonyl (C=O) groups excluding carboxylic acids is 3. The Labute approximate surface area is 229 Å². The lowest BCUT2D eigenvalue weighted by atomic mass is 9.76. The maximum absolute atomic E-state index is 14.2. The molecular weight excluding hydrogens is 516 g/mol. The summed E-state index contributed by atoms with van der Waals surface area (Å²) >= 11 is 6.38. The van der Waals surface area contributed by atoms with Crippen LogP contribution < -0.4 is 15.4 Å². The quantitative estimate of drug-likeness (QED) is 0.332. The molecule has 39 heavy (non-hydrogen) atoms. The number of benzene rings is 3. The number of aromatic nitrogens is 1. The van der Waals surface area contributed by atoms with E-state index in [4.69, 9.17) is 16.3 Å². The van der Waals surface area contributed by atoms with Crippen LogP contribution in [0.4, 0.5) is 5.69 Å². The Bertz CT molecular complexity index is 1680. The van der Waals surface area contributed by atoms with Crippen molar-refractivity contribution in [1.29, 1.82) is 0 Å². The van der Waals surface area contributed by atoms with Crippen molar-refractivity contribution in [1.82, 2.24) is 15.2 Å². The van der Waals surface area contributed by atoms with Crippen LogP contribution in [0.15, 0.2) is 72.9 Å². The maximum Gasteiger partial charge on any atom is 0.250 e. The summed E-state index contributed by atoms with van der Waals surface area (Å²) in [5, 5.41) is 7.91. The summed E-state index contributed by atoms with van der Waals surface area (Å²) in [7, 11) is 1.56. The molecule has 0 saturated carbocycles. The highest BCUT2D eigenvalue weighted by atomic mass is 35.5. The van der Waals surface area contributed by atoms with Gasteiger partial charge in [-0.3, -0.25) is 24.6 Å². The number of rotatable bonds is 5. The van der Waals surface area contributed by atoms with Crippen LogP contribution in [0.2, 0.25) is 5.02 Å². The van der Waals surface area contributed by atoms with Crippen molar-refractivity contribution in [2.75, 3.05) is 12.4 Å². The van der Waals surface area contributed by atoms with Crippen LogP contribution in [0.3, 0.4) is 0 Å². The first kappa shape index (κ1) is 23.9. The lowest BCUT2D eigenvalue weighted by Crippen LogP contribution is -2.53. The molecule has 0 radical (unpaired) electrons. The van der Waals surface area contributed by atoms with Gasteiger partial charge in [0.25, 0.3) is 0 Å². The predicted molar refractivity (Wildman–Crippen MR) is 146 cm³/mol. The summed E-state index contributed by atoms with van der Waals surface area (Å²) in [6.07, 6.45) is 2.39. The van der Waals surface area contributed by atoms with E-state index in [2.05, 4.69) is 15.6 Å². The number of anilines is 1. The zero-order valence-corrected chi connectivity index (χ0v) is 21.8. The Kier molecular flexibility index (Phi) is 5.33. The molecule has 4 heterocycles. The largest absolute Gasteiger partial charge is 0.496 e. The first-order valence-corrected chi connectivity index (χ1v) is 13.2. The van der Waals surface area contributed by atoms with Gasteiger partial charge < -0.3 is 15.0 Å². The van der Waals surface area contributed by atoms with Crippen LogP contribution in [-0.2, 0) is 32.9 Å². The second kappa shape index (κ2) is 8.69. The molecule has 4 atom stereocenters. The second-order valence-electron chi connectivity index (χ2n) is 10.3. The second-order valence-corrected chi connectivity index (χ2v) is 10.8. The molecule has 1 spiro atoms. The molecule has 1 aromatic heterocycles. The number of aromatic amines is 1. The molecule has 3 N–H and O–H groups in total. The van der Waals surface area contributed by atoms with Crippen molar-refractivity contribution in [2.45, 2.75) is 24.5 Å². The molecule has 0 unspecified atom stereocenters. The Balaban J connectivity index is 1.34. The summed E-state index contributed by atoms with van der Waals surface area (Å²) < 4.78 is 5.48. The van der Waals surface area contributed by atoms with E-state index in [0.29, 0.717) is 28.4 Å². The minimum absolute atomic E-state index is 0.0641. The van der Waals surface area contributed by atoms with Crippen LogP contribution in [-0.4, -0.2) is 40.8 Å². The molecule has 0 bridgehead atoms. The number of nitrogens with zero attached hydrogens (tertiary/aromatic N) is 1. The van der Waals surface area contributed by atoms with Gasteiger partial charge in [0.2, 0.25) is 17.7 Å². The molecule has 9 heteroatoms. The number of hydrogen-bond acceptors (Lipinski definition) is 5. The molecule has 0 aliphatic carbocycles. The Hall–Kier alpha value is -4.14. The van der Waals surface area contributed by atoms with Gasteiger partial charge in [-0.2, -0.15) is 0 Å². The van der Waals surface area contributed by atoms with E-state index in [1.54, 1.807) is 31.4 Å². The normalized spacial score (nSPS) is 25.4. The number of ether oxygens (including phenoxy) is 1. The fraction of sp³-hybridized carbons (Fsp3) is 0.233. The van der Waals surface area contributed by atoms with Crippen molar-refractivity contribution in [3.63, 3.8) is 0 Å². The molecule has 3 aliphatic rings. The minimum Gasteiger partial charge on any atom is -0.496 e. The molecule has 3 aromatic carbocycles. The van der Waals surface area contributed by atoms with Crippen molar-refractivity contribution in [2.24, 2.45) is 11.8 Å². The van der Waals surface area contributed by atoms with Gasteiger partial charge in [-0.05, 0) is 42.3 Å². The van der Waals surface area contributed by atoms with Gasteiger partial charge in [0.1, 0.15) is 11.3 Å². The smallest absolute Gasteiger partial charge is 0.250 e. The molecule has 2 saturated heterocycles. The highest BCUT2D eigenvalue weighted by molar-refractivity contribution is 6.31. The number of H-pyrrole nitrogens is 1. The number of likely N-dealkylation sites (tertiary alicyclic amines) is 1. The molecule has 8 nitrogen and oxygen atoms in total. The number of methoxy groups -OCH3 is 1. The third kappa shape index (κ3) is 3.38. The van der Waals surface area contributed by atoms with E-state index in [9.17, 15) is 14.4 Å². The van der Waals surface area contributed by atoms with Crippen molar-refractivity contribution in [3.05, 3.63) is 94.6 Å². The van der Waals surface area contributed by atoms with Gasteiger partial charge in [-0.25, -0.2) is 0 Å². The number of halogens is 1. The van der Waals surface area contributed by atoms with Crippen LogP contribution in [0.5, 0.6) is 5.75 Å². The lowest BCUT2D eigenvalue weighted by molar-refractivity contribution is -0.143. The number of hydrogen-bond donors (Lipinski definition) is 3. The van der Waals surface area contributed by atoms with E-state index in [0.717, 1.165) is 22.0 Å². The van der Waals surface area contributed by atoms with Gasteiger partial charge >= 0.3 is 0 Å². The van der Waals surface area contributed by atoms with Gasteiger partial charge in [-0.15, -0.1) is 0 Å². The number of carbonyl (C=O) groups is 3. The first-order chi connectivity index (χ1) is 18.9. The highest BCUT2D eigenvalue weighted by Crippen LogP contribution is 2.54. The molecule has 3 aliphatic heterocycles. The van der Waals surface area contributed by atoms with E-state index < -0.39 is 23.4 Å². The van der Waals surface area contributed by atoms with E-state index in [-0.39, 0.29) is 24.3 Å². The van der Waals surface area contributed by atoms with Crippen LogP contribution in [0, 0.1) is 11.8 Å². The van der Waals surface area contributed by atoms with Crippen molar-refractivity contribution < 1.29 is 19.1 Å². The lowest BCUT2D eigenvalue weighted by Gasteiger charge is -2.29. The van der Waals surface area contributed by atoms with Gasteiger partial charge in [0.15, 0.2) is 0 Å². The average molecular weight is 541 g/mol. The predicted octanol–water partition coefficient (Wildman–Crippen LogP) is 3.99. The van der Waals surface area contributed by atoms with E-state index >= 15 is 0 Å². The zero-order valence-electron chi connectivity index (χ0n) is 21.0. The molecule has 196 valence electrons. The fourth-order valence-electron chi connectivity index (χ4n) is 6.71. The van der Waals surface area contributed by atoms with E-state index in [1.165, 1.54) is 4.90 Å². The summed E-state index contributed by atoms with van der Waals surface area (Å²) in [5.41, 5.74) is 2.48. The number of imide groups is 1. The molecule has 3 amide bonds. The summed E-state index contributed by atoms with van der Waals surface area (Å²) in [5.74, 6) is -2.10. The molecular formula is C30H25ClN4O4. The fourth-order valence-corrected chi connectivity index (χ4v) is 6.88. The summed E-state index contributed by atoms with van der Waals surface area (Å²) in [6, 6.07) is 19.9. The van der Waals surface area contributed by atoms with Gasteiger partial charge in [0, 0.05) is 45.0 Å². The average Bonchev–Trinajstić information content (AvgIpc) is 3.65. The number of nitrogens with one attached hydrogen (secondary N) is 3. The Morgan fingerprint density at radius 1 is 0.974 bits per heavy atom. The minimum atomic E-state index is -1.41. The Morgan fingerprint density at radius 2 is 1.77 bits per heavy atom. The highest BCUT2D eigenvalue weighted by Gasteiger charge is 2.70. The van der Waals surface area contributed by atoms with Crippen LogP contribution in [0.25, 0.3) is 10.9 Å². The third-order valence-corrected chi connectivity index (χ3v) is 8.64. The van der Waals surface area contributed by atoms with Crippen molar-refractivity contribution >= 4 is 45.9 Å². The SMILES string of the molecule is COc1ccccc1CN1C(=O)[C@@H]2[C@H](Cc3c[nH]c4ccccc34)N[C@]3(C(=O)Nc4ccc(Cl)cc43)[C@@H]2C1=O. The molecule has 2 fully saturated rings. The van der Waals surface area contributed by atoms with Crippen LogP contribution in [0.1, 0.15) is 16.7 Å². The van der Waals surface area contributed by atoms with Crippen molar-refractivity contribution in [3.8, 4) is 5.75 Å². The maximum atomic E-state index is 14.2. The molecule has 4 aromatic rings.